The van der Waals surface area contributed by atoms with Crippen LogP contribution >= 0.6 is 0 Å². The molecule has 22 heavy (non-hydrogen) atoms. The second-order valence-corrected chi connectivity index (χ2v) is 6.62. The van der Waals surface area contributed by atoms with Crippen molar-refractivity contribution in [1.29, 1.82) is 0 Å². The molecule has 4 heteroatoms. The van der Waals surface area contributed by atoms with Gasteiger partial charge in [-0.1, -0.05) is 25.7 Å². The number of hydrogen-bond acceptors (Lipinski definition) is 3. The molecule has 1 atom stereocenters. The predicted molar refractivity (Wildman–Crippen MR) is 85.4 cm³/mol. The fourth-order valence-corrected chi connectivity index (χ4v) is 3.63. The molecule has 1 aliphatic carbocycles. The highest BCUT2D eigenvalue weighted by molar-refractivity contribution is 5.76. The molecule has 2 heterocycles. The maximum atomic E-state index is 12.5. The summed E-state index contributed by atoms with van der Waals surface area (Å²) in [5, 5.41) is 0. The lowest BCUT2D eigenvalue weighted by atomic mass is 10.0. The molecule has 0 bridgehead atoms. The molecule has 0 radical (unpaired) electrons. The number of ether oxygens (including phenoxy) is 1. The van der Waals surface area contributed by atoms with Gasteiger partial charge in [0.05, 0.1) is 13.2 Å². The molecule has 1 saturated carbocycles. The molecule has 1 saturated heterocycles. The van der Waals surface area contributed by atoms with E-state index in [2.05, 4.69) is 11.1 Å². The zero-order valence-electron chi connectivity index (χ0n) is 13.5. The highest BCUT2D eigenvalue weighted by Gasteiger charge is 2.26. The molecule has 120 valence electrons. The van der Waals surface area contributed by atoms with Gasteiger partial charge in [-0.2, -0.15) is 0 Å². The van der Waals surface area contributed by atoms with Gasteiger partial charge < -0.3 is 9.64 Å². The summed E-state index contributed by atoms with van der Waals surface area (Å²) in [7, 11) is 0. The summed E-state index contributed by atoms with van der Waals surface area (Å²) < 4.78 is 5.86. The zero-order valence-corrected chi connectivity index (χ0v) is 13.5. The highest BCUT2D eigenvalue weighted by atomic mass is 16.5. The van der Waals surface area contributed by atoms with Crippen molar-refractivity contribution < 1.29 is 9.53 Å². The molecule has 1 aromatic rings. The third-order valence-corrected chi connectivity index (χ3v) is 4.95. The van der Waals surface area contributed by atoms with Crippen molar-refractivity contribution in [2.75, 3.05) is 19.7 Å². The second-order valence-electron chi connectivity index (χ2n) is 6.62. The van der Waals surface area contributed by atoms with Crippen LogP contribution in [0.3, 0.4) is 0 Å². The minimum absolute atomic E-state index is 0.00844. The zero-order chi connectivity index (χ0) is 15.4. The molecule has 3 rings (SSSR count). The Morgan fingerprint density at radius 3 is 3.00 bits per heavy atom. The van der Waals surface area contributed by atoms with E-state index in [-0.39, 0.29) is 6.10 Å². The molecule has 0 spiro atoms. The van der Waals surface area contributed by atoms with Crippen LogP contribution in [-0.2, 0) is 9.53 Å². The van der Waals surface area contributed by atoms with Gasteiger partial charge in [0, 0.05) is 24.9 Å². The maximum Gasteiger partial charge on any atom is 0.222 e. The van der Waals surface area contributed by atoms with Gasteiger partial charge in [-0.25, -0.2) is 0 Å². The number of carbonyl (C=O) groups excluding carboxylic acids is 1. The average Bonchev–Trinajstić information content (AvgIpc) is 3.06. The monoisotopic (exact) mass is 302 g/mol. The molecule has 0 aromatic carbocycles. The van der Waals surface area contributed by atoms with E-state index >= 15 is 0 Å². The Bertz CT molecular complexity index is 512. The van der Waals surface area contributed by atoms with Gasteiger partial charge in [0.1, 0.15) is 6.10 Å². The van der Waals surface area contributed by atoms with Crippen molar-refractivity contribution in [2.24, 2.45) is 5.92 Å². The van der Waals surface area contributed by atoms with Crippen LogP contribution in [0.2, 0.25) is 0 Å². The van der Waals surface area contributed by atoms with Crippen LogP contribution in [0.1, 0.15) is 55.9 Å². The number of amides is 1. The lowest BCUT2D eigenvalue weighted by Gasteiger charge is -2.33. The SMILES string of the molecule is Cc1cc([C@@H]2CN(C(=O)CCC3CCCC3)CCO2)ccn1. The van der Waals surface area contributed by atoms with Crippen LogP contribution < -0.4 is 0 Å². The average molecular weight is 302 g/mol. The van der Waals surface area contributed by atoms with Crippen molar-refractivity contribution in [3.63, 3.8) is 0 Å². The van der Waals surface area contributed by atoms with Gasteiger partial charge in [-0.15, -0.1) is 0 Å². The van der Waals surface area contributed by atoms with Gasteiger partial charge >= 0.3 is 0 Å². The third kappa shape index (κ3) is 3.86. The number of nitrogens with zero attached hydrogens (tertiary/aromatic N) is 2. The molecule has 2 aliphatic rings. The smallest absolute Gasteiger partial charge is 0.222 e. The first-order valence-corrected chi connectivity index (χ1v) is 8.54. The minimum Gasteiger partial charge on any atom is -0.370 e. The number of rotatable bonds is 4. The summed E-state index contributed by atoms with van der Waals surface area (Å²) >= 11 is 0. The fourth-order valence-electron chi connectivity index (χ4n) is 3.63. The Balaban J connectivity index is 1.54. The lowest BCUT2D eigenvalue weighted by Crippen LogP contribution is -2.42. The summed E-state index contributed by atoms with van der Waals surface area (Å²) in [5.74, 6) is 1.08. The number of aryl methyl sites for hydroxylation is 1. The Kier molecular flexibility index (Phi) is 5.08. The number of pyridine rings is 1. The molecule has 2 fully saturated rings. The summed E-state index contributed by atoms with van der Waals surface area (Å²) in [4.78, 5) is 18.7. The topological polar surface area (TPSA) is 42.4 Å². The van der Waals surface area contributed by atoms with Crippen LogP contribution in [0.15, 0.2) is 18.3 Å². The molecule has 0 unspecified atom stereocenters. The molecular formula is C18H26N2O2. The first kappa shape index (κ1) is 15.5. The summed E-state index contributed by atoms with van der Waals surface area (Å²) in [5.41, 5.74) is 2.12. The molecule has 0 N–H and O–H groups in total. The third-order valence-electron chi connectivity index (χ3n) is 4.95. The first-order chi connectivity index (χ1) is 10.7. The Morgan fingerprint density at radius 1 is 1.41 bits per heavy atom. The summed E-state index contributed by atoms with van der Waals surface area (Å²) in [6, 6.07) is 4.04. The number of aromatic nitrogens is 1. The van der Waals surface area contributed by atoms with E-state index in [1.165, 1.54) is 25.7 Å². The minimum atomic E-state index is -0.00844. The first-order valence-electron chi connectivity index (χ1n) is 8.54. The fraction of sp³-hybridized carbons (Fsp3) is 0.667. The molecule has 1 amide bonds. The lowest BCUT2D eigenvalue weighted by molar-refractivity contribution is -0.139. The van der Waals surface area contributed by atoms with Gasteiger partial charge in [0.25, 0.3) is 0 Å². The van der Waals surface area contributed by atoms with Gasteiger partial charge in [-0.05, 0) is 37.0 Å². The summed E-state index contributed by atoms with van der Waals surface area (Å²) in [6.45, 7) is 4.01. The van der Waals surface area contributed by atoms with Crippen LogP contribution in [0.4, 0.5) is 0 Å². The van der Waals surface area contributed by atoms with Crippen LogP contribution in [0, 0.1) is 12.8 Å². The van der Waals surface area contributed by atoms with Crippen molar-refractivity contribution in [3.05, 3.63) is 29.6 Å². The van der Waals surface area contributed by atoms with Crippen molar-refractivity contribution in [2.45, 2.75) is 51.6 Å². The highest BCUT2D eigenvalue weighted by Crippen LogP contribution is 2.29. The van der Waals surface area contributed by atoms with E-state index in [1.807, 2.05) is 24.1 Å². The number of hydrogen-bond donors (Lipinski definition) is 0. The van der Waals surface area contributed by atoms with E-state index in [0.717, 1.165) is 30.1 Å². The summed E-state index contributed by atoms with van der Waals surface area (Å²) in [6.07, 6.45) is 8.90. The number of morpholine rings is 1. The van der Waals surface area contributed by atoms with Gasteiger partial charge in [-0.3, -0.25) is 9.78 Å². The standard InChI is InChI=1S/C18H26N2O2/c1-14-12-16(8-9-19-14)17-13-20(10-11-22-17)18(21)7-6-15-4-2-3-5-15/h8-9,12,15,17H,2-7,10-11,13H2,1H3/t17-/m0/s1. The molecule has 1 aromatic heterocycles. The van der Waals surface area contributed by atoms with E-state index in [1.54, 1.807) is 0 Å². The quantitative estimate of drug-likeness (QED) is 0.857. The number of carbonyl (C=O) groups is 1. The van der Waals surface area contributed by atoms with Crippen molar-refractivity contribution in [3.8, 4) is 0 Å². The largest absolute Gasteiger partial charge is 0.370 e. The molecule has 4 nitrogen and oxygen atoms in total. The van der Waals surface area contributed by atoms with E-state index in [0.29, 0.717) is 25.5 Å². The molecular weight excluding hydrogens is 276 g/mol. The van der Waals surface area contributed by atoms with E-state index < -0.39 is 0 Å². The Labute approximate surface area is 132 Å². The van der Waals surface area contributed by atoms with Crippen LogP contribution in [0.5, 0.6) is 0 Å². The Hall–Kier alpha value is -1.42. The predicted octanol–water partition coefficient (Wildman–Crippen LogP) is 3.26. The van der Waals surface area contributed by atoms with Crippen molar-refractivity contribution >= 4 is 5.91 Å². The maximum absolute atomic E-state index is 12.5. The van der Waals surface area contributed by atoms with Crippen molar-refractivity contribution in [1.82, 2.24) is 9.88 Å². The Morgan fingerprint density at radius 2 is 2.23 bits per heavy atom. The van der Waals surface area contributed by atoms with Crippen LogP contribution in [0.25, 0.3) is 0 Å². The van der Waals surface area contributed by atoms with E-state index in [4.69, 9.17) is 4.74 Å². The van der Waals surface area contributed by atoms with Crippen LogP contribution in [-0.4, -0.2) is 35.5 Å². The molecule has 1 aliphatic heterocycles. The van der Waals surface area contributed by atoms with Gasteiger partial charge in [0.2, 0.25) is 5.91 Å². The second kappa shape index (κ2) is 7.23. The van der Waals surface area contributed by atoms with E-state index in [9.17, 15) is 4.79 Å². The van der Waals surface area contributed by atoms with Gasteiger partial charge in [0.15, 0.2) is 0 Å². The normalized spacial score (nSPS) is 23.0.